The Bertz CT molecular complexity index is 1280. The normalized spacial score (nSPS) is 13.4. The molecule has 1 aliphatic heterocycles. The molecule has 0 saturated heterocycles. The van der Waals surface area contributed by atoms with Crippen molar-refractivity contribution in [2.75, 3.05) is 0 Å². The highest BCUT2D eigenvalue weighted by Gasteiger charge is 2.38. The number of halogens is 1. The fourth-order valence-electron chi connectivity index (χ4n) is 3.68. The van der Waals surface area contributed by atoms with Crippen molar-refractivity contribution >= 4 is 34.4 Å². The summed E-state index contributed by atoms with van der Waals surface area (Å²) < 4.78 is 1.67. The third-order valence-electron chi connectivity index (χ3n) is 5.06. The number of hydrogen-bond acceptors (Lipinski definition) is 4. The van der Waals surface area contributed by atoms with Crippen molar-refractivity contribution in [3.8, 4) is 5.69 Å². The van der Waals surface area contributed by atoms with E-state index in [1.165, 1.54) is 11.1 Å². The maximum Gasteiger partial charge on any atom is 0.263 e. The van der Waals surface area contributed by atoms with Crippen molar-refractivity contribution in [1.29, 1.82) is 0 Å². The molecule has 3 heterocycles. The molecule has 0 radical (unpaired) electrons. The highest BCUT2D eigenvalue weighted by atomic mass is 35.5. The molecule has 6 nitrogen and oxygen atoms in total. The first kappa shape index (κ1) is 17.6. The number of nitrogens with zero attached hydrogens (tertiary/aromatic N) is 4. The lowest BCUT2D eigenvalue weighted by Crippen LogP contribution is -2.29. The maximum atomic E-state index is 13.2. The fourth-order valence-corrected chi connectivity index (χ4v) is 3.81. The summed E-state index contributed by atoms with van der Waals surface area (Å²) in [6.07, 6.45) is 1.47. The molecule has 0 aliphatic carbocycles. The second kappa shape index (κ2) is 6.53. The molecule has 4 aromatic rings. The van der Waals surface area contributed by atoms with E-state index in [1.54, 1.807) is 16.8 Å². The van der Waals surface area contributed by atoms with Crippen LogP contribution in [0.25, 0.3) is 16.7 Å². The van der Waals surface area contributed by atoms with Gasteiger partial charge in [-0.15, -0.1) is 0 Å². The summed E-state index contributed by atoms with van der Waals surface area (Å²) in [7, 11) is 0. The largest absolute Gasteiger partial charge is 0.270 e. The van der Waals surface area contributed by atoms with Gasteiger partial charge in [-0.05, 0) is 36.8 Å². The smallest absolute Gasteiger partial charge is 0.263 e. The van der Waals surface area contributed by atoms with E-state index in [-0.39, 0.29) is 18.4 Å². The number of rotatable bonds is 3. The Hall–Kier alpha value is -3.51. The molecule has 0 spiro atoms. The lowest BCUT2D eigenvalue weighted by molar-refractivity contribution is 0.0643. The second-order valence-electron chi connectivity index (χ2n) is 6.90. The highest BCUT2D eigenvalue weighted by molar-refractivity contribution is 6.30. The number of amides is 2. The fraction of sp³-hybridized carbons (Fsp3) is 0.0909. The second-order valence-corrected chi connectivity index (χ2v) is 7.34. The number of benzene rings is 2. The first-order chi connectivity index (χ1) is 14.0. The summed E-state index contributed by atoms with van der Waals surface area (Å²) in [4.78, 5) is 31.8. The molecule has 7 heteroatoms. The van der Waals surface area contributed by atoms with Crippen LogP contribution in [0.2, 0.25) is 5.02 Å². The van der Waals surface area contributed by atoms with Crippen molar-refractivity contribution in [3.63, 3.8) is 0 Å². The quantitative estimate of drug-likeness (QED) is 0.482. The number of aromatic nitrogens is 3. The standard InChI is InChI=1S/C22H15ClN4O2/c1-13-18-19-17(21(28)26(22(19)29)12-14-5-3-2-4-6-14)11-24-20(18)27(25-13)16-9-7-15(23)8-10-16/h2-11H,12H2,1H3. The third-order valence-corrected chi connectivity index (χ3v) is 5.31. The summed E-state index contributed by atoms with van der Waals surface area (Å²) >= 11 is 5.98. The van der Waals surface area contributed by atoms with E-state index in [1.807, 2.05) is 49.4 Å². The maximum absolute atomic E-state index is 13.2. The Kier molecular flexibility index (Phi) is 3.96. The average Bonchev–Trinajstić information content (AvgIpc) is 3.19. The van der Waals surface area contributed by atoms with E-state index in [2.05, 4.69) is 10.1 Å². The van der Waals surface area contributed by atoms with Crippen molar-refractivity contribution in [2.45, 2.75) is 13.5 Å². The van der Waals surface area contributed by atoms with Crippen molar-refractivity contribution in [2.24, 2.45) is 0 Å². The number of aryl methyl sites for hydroxylation is 1. The lowest BCUT2D eigenvalue weighted by atomic mass is 10.1. The number of imide groups is 1. The van der Waals surface area contributed by atoms with Gasteiger partial charge in [0.1, 0.15) is 0 Å². The van der Waals surface area contributed by atoms with Crippen molar-refractivity contribution in [3.05, 3.63) is 88.2 Å². The Morgan fingerprint density at radius 1 is 0.966 bits per heavy atom. The molecule has 0 fully saturated rings. The van der Waals surface area contributed by atoms with Crippen LogP contribution in [0.15, 0.2) is 60.8 Å². The number of hydrogen-bond donors (Lipinski definition) is 0. The van der Waals surface area contributed by atoms with Crippen LogP contribution in [0.4, 0.5) is 0 Å². The molecular weight excluding hydrogens is 388 g/mol. The van der Waals surface area contributed by atoms with Crippen molar-refractivity contribution in [1.82, 2.24) is 19.7 Å². The first-order valence-corrected chi connectivity index (χ1v) is 9.47. The average molecular weight is 403 g/mol. The summed E-state index contributed by atoms with van der Waals surface area (Å²) in [5, 5.41) is 5.79. The predicted octanol–water partition coefficient (Wildman–Crippen LogP) is 4.18. The molecule has 2 aromatic carbocycles. The van der Waals surface area contributed by atoms with E-state index in [0.717, 1.165) is 11.3 Å². The number of carbonyl (C=O) groups excluding carboxylic acids is 2. The Morgan fingerprint density at radius 3 is 2.41 bits per heavy atom. The zero-order valence-electron chi connectivity index (χ0n) is 15.5. The van der Waals surface area contributed by atoms with Gasteiger partial charge in [-0.1, -0.05) is 41.9 Å². The SMILES string of the molecule is Cc1nn(-c2ccc(Cl)cc2)c2ncc3c(c12)C(=O)N(Cc1ccccc1)C3=O. The van der Waals surface area contributed by atoms with Gasteiger partial charge in [0.05, 0.1) is 34.4 Å². The molecule has 0 saturated carbocycles. The Balaban J connectivity index is 1.64. The van der Waals surface area contributed by atoms with Gasteiger partial charge in [-0.25, -0.2) is 9.67 Å². The monoisotopic (exact) mass is 402 g/mol. The molecule has 0 atom stereocenters. The Morgan fingerprint density at radius 2 is 1.69 bits per heavy atom. The molecule has 142 valence electrons. The molecule has 29 heavy (non-hydrogen) atoms. The third kappa shape index (κ3) is 2.72. The molecule has 2 amide bonds. The molecule has 2 aromatic heterocycles. The number of carbonyl (C=O) groups is 2. The van der Waals surface area contributed by atoms with Crippen molar-refractivity contribution < 1.29 is 9.59 Å². The predicted molar refractivity (Wildman–Crippen MR) is 109 cm³/mol. The zero-order valence-corrected chi connectivity index (χ0v) is 16.2. The van der Waals surface area contributed by atoms with Crippen LogP contribution >= 0.6 is 11.6 Å². The van der Waals surface area contributed by atoms with Crippen LogP contribution in [0.3, 0.4) is 0 Å². The van der Waals surface area contributed by atoms with Crippen LogP contribution < -0.4 is 0 Å². The van der Waals surface area contributed by atoms with E-state index < -0.39 is 0 Å². The molecule has 5 rings (SSSR count). The molecular formula is C22H15ClN4O2. The summed E-state index contributed by atoms with van der Waals surface area (Å²) in [6, 6.07) is 16.6. The molecule has 0 N–H and O–H groups in total. The van der Waals surface area contributed by atoms with E-state index in [9.17, 15) is 9.59 Å². The molecule has 1 aliphatic rings. The van der Waals surface area contributed by atoms with Gasteiger partial charge in [0.25, 0.3) is 11.8 Å². The van der Waals surface area contributed by atoms with Gasteiger partial charge in [-0.3, -0.25) is 14.5 Å². The van der Waals surface area contributed by atoms with E-state index >= 15 is 0 Å². The lowest BCUT2D eigenvalue weighted by Gasteiger charge is -2.13. The van der Waals surface area contributed by atoms with Gasteiger partial charge in [0.15, 0.2) is 5.65 Å². The summed E-state index contributed by atoms with van der Waals surface area (Å²) in [6.45, 7) is 2.04. The zero-order chi connectivity index (χ0) is 20.1. The van der Waals surface area contributed by atoms with Gasteiger partial charge < -0.3 is 0 Å². The topological polar surface area (TPSA) is 68.1 Å². The first-order valence-electron chi connectivity index (χ1n) is 9.09. The van der Waals surface area contributed by atoms with E-state index in [4.69, 9.17) is 11.6 Å². The van der Waals surface area contributed by atoms with Crippen LogP contribution in [-0.4, -0.2) is 31.5 Å². The van der Waals surface area contributed by atoms with Crippen LogP contribution in [-0.2, 0) is 6.54 Å². The minimum atomic E-state index is -0.332. The Labute approximate surface area is 171 Å². The van der Waals surface area contributed by atoms with Gasteiger partial charge in [0.2, 0.25) is 0 Å². The minimum absolute atomic E-state index is 0.221. The van der Waals surface area contributed by atoms with Gasteiger partial charge in [0, 0.05) is 11.2 Å². The summed E-state index contributed by atoms with van der Waals surface area (Å²) in [5.41, 5.74) is 3.52. The van der Waals surface area contributed by atoms with Crippen LogP contribution in [0.5, 0.6) is 0 Å². The van der Waals surface area contributed by atoms with E-state index in [0.29, 0.717) is 32.9 Å². The summed E-state index contributed by atoms with van der Waals surface area (Å²) in [5.74, 6) is -0.651. The minimum Gasteiger partial charge on any atom is -0.270 e. The highest BCUT2D eigenvalue weighted by Crippen LogP contribution is 2.32. The van der Waals surface area contributed by atoms with Crippen LogP contribution in [0, 0.1) is 6.92 Å². The van der Waals surface area contributed by atoms with Crippen LogP contribution in [0.1, 0.15) is 32.0 Å². The molecule has 0 bridgehead atoms. The van der Waals surface area contributed by atoms with Gasteiger partial charge >= 0.3 is 0 Å². The number of fused-ring (bicyclic) bond motifs is 3. The van der Waals surface area contributed by atoms with Gasteiger partial charge in [-0.2, -0.15) is 5.10 Å². The number of pyridine rings is 1. The molecule has 0 unspecified atom stereocenters.